The number of nitrogens with one attached hydrogen (secondary N) is 1. The van der Waals surface area contributed by atoms with Crippen molar-refractivity contribution in [2.75, 3.05) is 13.1 Å². The second-order valence-electron chi connectivity index (χ2n) is 7.92. The van der Waals surface area contributed by atoms with E-state index in [0.717, 1.165) is 25.3 Å². The molecule has 3 heterocycles. The topological polar surface area (TPSA) is 131 Å². The predicted molar refractivity (Wildman–Crippen MR) is 109 cm³/mol. The summed E-state index contributed by atoms with van der Waals surface area (Å²) < 4.78 is 38.4. The zero-order valence-electron chi connectivity index (χ0n) is 18.5. The maximum absolute atomic E-state index is 12.5. The third-order valence-corrected chi connectivity index (χ3v) is 4.65. The standard InChI is InChI=1S/C18H25N5O3.C2HF3O2/c1-12(2)10-22-5-4-6-23-16(11-22)21-14(7-17(23)24)8-19-18(25)15-9-20-26-13(15)3;3-2(4,5)1(6)7/h7,9,12H,4-6,8,10-11H2,1-3H3,(H,19,25);(H,6,7). The van der Waals surface area contributed by atoms with Crippen molar-refractivity contribution in [1.82, 2.24) is 24.9 Å². The van der Waals surface area contributed by atoms with Crippen LogP contribution >= 0.6 is 0 Å². The fourth-order valence-electron chi connectivity index (χ4n) is 3.24. The summed E-state index contributed by atoms with van der Waals surface area (Å²) in [6.07, 6.45) is -2.77. The fourth-order valence-corrected chi connectivity index (χ4v) is 3.24. The zero-order chi connectivity index (χ0) is 24.8. The van der Waals surface area contributed by atoms with Crippen LogP contribution in [0.25, 0.3) is 0 Å². The fraction of sp³-hybridized carbons (Fsp3) is 0.550. The van der Waals surface area contributed by atoms with E-state index in [1.54, 1.807) is 11.5 Å². The lowest BCUT2D eigenvalue weighted by Gasteiger charge is -2.21. The number of hydrogen-bond donors (Lipinski definition) is 2. The average molecular weight is 473 g/mol. The lowest BCUT2D eigenvalue weighted by molar-refractivity contribution is -0.192. The van der Waals surface area contributed by atoms with Gasteiger partial charge in [-0.2, -0.15) is 13.2 Å². The summed E-state index contributed by atoms with van der Waals surface area (Å²) in [5.74, 6) is -1.26. The molecule has 182 valence electrons. The number of carboxylic acids is 1. The van der Waals surface area contributed by atoms with Gasteiger partial charge in [0.1, 0.15) is 17.1 Å². The molecule has 1 aliphatic rings. The summed E-state index contributed by atoms with van der Waals surface area (Å²) in [6.45, 7) is 9.51. The normalized spacial score (nSPS) is 14.2. The summed E-state index contributed by atoms with van der Waals surface area (Å²) in [7, 11) is 0. The highest BCUT2D eigenvalue weighted by Crippen LogP contribution is 2.13. The number of aromatic nitrogens is 3. The highest BCUT2D eigenvalue weighted by atomic mass is 19.4. The second-order valence-corrected chi connectivity index (χ2v) is 7.92. The number of fused-ring (bicyclic) bond motifs is 1. The number of carbonyl (C=O) groups excluding carboxylic acids is 1. The van der Waals surface area contributed by atoms with Gasteiger partial charge in [0.05, 0.1) is 25.0 Å². The van der Waals surface area contributed by atoms with Gasteiger partial charge in [0, 0.05) is 25.7 Å². The monoisotopic (exact) mass is 473 g/mol. The summed E-state index contributed by atoms with van der Waals surface area (Å²) in [5, 5.41) is 13.5. The Morgan fingerprint density at radius 1 is 1.30 bits per heavy atom. The van der Waals surface area contributed by atoms with Crippen LogP contribution in [0.3, 0.4) is 0 Å². The number of aliphatic carboxylic acids is 1. The second kappa shape index (κ2) is 11.1. The van der Waals surface area contributed by atoms with Crippen LogP contribution in [0.15, 0.2) is 21.6 Å². The Morgan fingerprint density at radius 3 is 2.52 bits per heavy atom. The van der Waals surface area contributed by atoms with Crippen LogP contribution in [0.2, 0.25) is 0 Å². The molecule has 2 aromatic heterocycles. The van der Waals surface area contributed by atoms with E-state index in [9.17, 15) is 22.8 Å². The predicted octanol–water partition coefficient (Wildman–Crippen LogP) is 1.96. The molecule has 0 fully saturated rings. The molecule has 0 aliphatic carbocycles. The lowest BCUT2D eigenvalue weighted by Crippen LogP contribution is -2.31. The number of aryl methyl sites for hydroxylation is 1. The van der Waals surface area contributed by atoms with Gasteiger partial charge in [0.25, 0.3) is 11.5 Å². The maximum atomic E-state index is 12.5. The first-order chi connectivity index (χ1) is 15.4. The Hall–Kier alpha value is -3.22. The van der Waals surface area contributed by atoms with Gasteiger partial charge in [-0.05, 0) is 19.3 Å². The molecular formula is C20H26F3N5O5. The Balaban J connectivity index is 0.000000479. The summed E-state index contributed by atoms with van der Waals surface area (Å²) in [4.78, 5) is 40.5. The highest BCUT2D eigenvalue weighted by Gasteiger charge is 2.38. The molecule has 0 aromatic carbocycles. The van der Waals surface area contributed by atoms with Crippen LogP contribution in [-0.2, 0) is 24.4 Å². The SMILES string of the molecule is Cc1oncc1C(=O)NCc1cc(=O)n2c(n1)CN(CC(C)C)CCC2.O=C(O)C(F)(F)F. The zero-order valence-corrected chi connectivity index (χ0v) is 18.5. The third-order valence-electron chi connectivity index (χ3n) is 4.65. The summed E-state index contributed by atoms with van der Waals surface area (Å²) in [6, 6.07) is 1.50. The van der Waals surface area contributed by atoms with Crippen LogP contribution in [0.4, 0.5) is 13.2 Å². The number of carbonyl (C=O) groups is 2. The van der Waals surface area contributed by atoms with Crippen LogP contribution in [0.5, 0.6) is 0 Å². The number of halogens is 3. The largest absolute Gasteiger partial charge is 0.490 e. The van der Waals surface area contributed by atoms with E-state index in [4.69, 9.17) is 14.4 Å². The van der Waals surface area contributed by atoms with Gasteiger partial charge in [-0.1, -0.05) is 19.0 Å². The molecule has 0 saturated carbocycles. The van der Waals surface area contributed by atoms with E-state index < -0.39 is 12.1 Å². The molecule has 0 saturated heterocycles. The Morgan fingerprint density at radius 2 is 1.97 bits per heavy atom. The van der Waals surface area contributed by atoms with Gasteiger partial charge < -0.3 is 14.9 Å². The van der Waals surface area contributed by atoms with E-state index >= 15 is 0 Å². The quantitative estimate of drug-likeness (QED) is 0.674. The van der Waals surface area contributed by atoms with Crippen LogP contribution in [0, 0.1) is 12.8 Å². The molecule has 10 nitrogen and oxygen atoms in total. The molecule has 0 radical (unpaired) electrons. The van der Waals surface area contributed by atoms with Gasteiger partial charge in [0.2, 0.25) is 0 Å². The van der Waals surface area contributed by atoms with Crippen molar-refractivity contribution in [3.63, 3.8) is 0 Å². The van der Waals surface area contributed by atoms with E-state index in [1.807, 2.05) is 0 Å². The number of nitrogens with zero attached hydrogens (tertiary/aromatic N) is 4. The molecule has 0 bridgehead atoms. The number of alkyl halides is 3. The van der Waals surface area contributed by atoms with Gasteiger partial charge in [-0.25, -0.2) is 9.78 Å². The van der Waals surface area contributed by atoms with Crippen molar-refractivity contribution in [2.45, 2.75) is 53.0 Å². The van der Waals surface area contributed by atoms with E-state index in [1.165, 1.54) is 12.3 Å². The first-order valence-electron chi connectivity index (χ1n) is 10.2. The number of carboxylic acid groups (broad SMARTS) is 1. The molecule has 2 aromatic rings. The Kier molecular flexibility index (Phi) is 8.74. The van der Waals surface area contributed by atoms with Crippen molar-refractivity contribution in [3.8, 4) is 0 Å². The van der Waals surface area contributed by atoms with Crippen LogP contribution < -0.4 is 10.9 Å². The van der Waals surface area contributed by atoms with Crippen LogP contribution in [0.1, 0.15) is 47.9 Å². The molecule has 13 heteroatoms. The van der Waals surface area contributed by atoms with Gasteiger partial charge in [-0.3, -0.25) is 19.1 Å². The number of hydrogen-bond acceptors (Lipinski definition) is 7. The van der Waals surface area contributed by atoms with Crippen molar-refractivity contribution >= 4 is 11.9 Å². The van der Waals surface area contributed by atoms with Gasteiger partial charge >= 0.3 is 12.1 Å². The summed E-state index contributed by atoms with van der Waals surface area (Å²) in [5.41, 5.74) is 0.890. The highest BCUT2D eigenvalue weighted by molar-refractivity contribution is 5.94. The molecule has 0 atom stereocenters. The van der Waals surface area contributed by atoms with Crippen LogP contribution in [-0.4, -0.2) is 55.9 Å². The number of rotatable bonds is 5. The minimum atomic E-state index is -5.08. The van der Waals surface area contributed by atoms with Crippen molar-refractivity contribution in [2.24, 2.45) is 5.92 Å². The molecule has 0 unspecified atom stereocenters. The Bertz CT molecular complexity index is 1030. The molecule has 0 spiro atoms. The molecule has 1 aliphatic heterocycles. The smallest absolute Gasteiger partial charge is 0.475 e. The molecule has 33 heavy (non-hydrogen) atoms. The average Bonchev–Trinajstić information content (AvgIpc) is 3.02. The van der Waals surface area contributed by atoms with E-state index in [0.29, 0.717) is 36.0 Å². The molecule has 2 N–H and O–H groups in total. The Labute approximate surface area is 187 Å². The third kappa shape index (κ3) is 7.70. The van der Waals surface area contributed by atoms with Crippen molar-refractivity contribution in [1.29, 1.82) is 0 Å². The number of amides is 1. The minimum absolute atomic E-state index is 0.0631. The van der Waals surface area contributed by atoms with E-state index in [2.05, 4.69) is 34.2 Å². The van der Waals surface area contributed by atoms with Gasteiger partial charge in [0.15, 0.2) is 0 Å². The maximum Gasteiger partial charge on any atom is 0.490 e. The molecule has 1 amide bonds. The van der Waals surface area contributed by atoms with Crippen molar-refractivity contribution in [3.05, 3.63) is 45.5 Å². The minimum Gasteiger partial charge on any atom is -0.475 e. The molecule has 3 rings (SSSR count). The molecular weight excluding hydrogens is 447 g/mol. The first kappa shape index (κ1) is 26.0. The first-order valence-corrected chi connectivity index (χ1v) is 10.2. The summed E-state index contributed by atoms with van der Waals surface area (Å²) >= 11 is 0. The van der Waals surface area contributed by atoms with E-state index in [-0.39, 0.29) is 18.0 Å². The van der Waals surface area contributed by atoms with Crippen molar-refractivity contribution < 1.29 is 32.4 Å². The van der Waals surface area contributed by atoms with Gasteiger partial charge in [-0.15, -0.1) is 0 Å². The lowest BCUT2D eigenvalue weighted by atomic mass is 10.2.